The molecule has 1 aromatic heterocycles. The molecule has 0 atom stereocenters. The molecular weight excluding hydrogens is 227 g/mol. The van der Waals surface area contributed by atoms with Gasteiger partial charge >= 0.3 is 6.03 Å². The second kappa shape index (κ2) is 3.25. The highest BCUT2D eigenvalue weighted by molar-refractivity contribution is 6.32. The van der Waals surface area contributed by atoms with Crippen LogP contribution in [0.25, 0.3) is 0 Å². The highest BCUT2D eigenvalue weighted by Crippen LogP contribution is 2.27. The molecule has 0 aliphatic carbocycles. The van der Waals surface area contributed by atoms with E-state index >= 15 is 0 Å². The molecule has 0 radical (unpaired) electrons. The summed E-state index contributed by atoms with van der Waals surface area (Å²) in [5.41, 5.74) is 6.51. The molecule has 0 aromatic carbocycles. The molecule has 2 N–H and O–H groups in total. The van der Waals surface area contributed by atoms with Crippen molar-refractivity contribution < 1.29 is 4.79 Å². The lowest BCUT2D eigenvalue weighted by atomic mass is 10.3. The maximum Gasteiger partial charge on any atom is 0.315 e. The smallest absolute Gasteiger partial charge is 0.315 e. The van der Waals surface area contributed by atoms with Gasteiger partial charge in [-0.1, -0.05) is 11.6 Å². The topological polar surface area (TPSA) is 72.1 Å². The zero-order chi connectivity index (χ0) is 10.3. The second-order valence-corrected chi connectivity index (χ2v) is 3.60. The van der Waals surface area contributed by atoms with Crippen LogP contribution in [-0.2, 0) is 13.1 Å². The van der Waals surface area contributed by atoms with Crippen LogP contribution in [0.1, 0.15) is 11.3 Å². The van der Waals surface area contributed by atoms with Gasteiger partial charge in [0, 0.05) is 5.56 Å². The summed E-state index contributed by atoms with van der Waals surface area (Å²) in [6.07, 6.45) is 0. The molecule has 0 saturated heterocycles. The summed E-state index contributed by atoms with van der Waals surface area (Å²) in [6.45, 7) is 0.688. The number of urea groups is 1. The Balaban J connectivity index is 2.39. The fourth-order valence-corrected chi connectivity index (χ4v) is 1.82. The van der Waals surface area contributed by atoms with Gasteiger partial charge in [0.2, 0.25) is 5.28 Å². The van der Waals surface area contributed by atoms with E-state index < -0.39 is 6.03 Å². The highest BCUT2D eigenvalue weighted by atomic mass is 35.5. The van der Waals surface area contributed by atoms with Crippen LogP contribution in [0.4, 0.5) is 4.79 Å². The number of halogens is 2. The zero-order valence-electron chi connectivity index (χ0n) is 7.00. The van der Waals surface area contributed by atoms with Crippen molar-refractivity contribution in [3.8, 4) is 0 Å². The van der Waals surface area contributed by atoms with Gasteiger partial charge in [-0.2, -0.15) is 0 Å². The molecule has 0 spiro atoms. The minimum absolute atomic E-state index is 0.0834. The van der Waals surface area contributed by atoms with Crippen molar-refractivity contribution in [1.82, 2.24) is 14.9 Å². The molecule has 0 unspecified atom stereocenters. The van der Waals surface area contributed by atoms with E-state index in [1.807, 2.05) is 0 Å². The summed E-state index contributed by atoms with van der Waals surface area (Å²) in [6, 6.07) is -0.504. The molecule has 2 heterocycles. The van der Waals surface area contributed by atoms with Crippen LogP contribution < -0.4 is 5.73 Å². The number of hydrogen-bond donors (Lipinski definition) is 1. The normalized spacial score (nSPS) is 14.3. The van der Waals surface area contributed by atoms with Crippen LogP contribution >= 0.6 is 23.2 Å². The molecule has 1 aliphatic heterocycles. The standard InChI is InChI=1S/C7H6Cl2N4O/c8-5-3-1-13(7(10)14)2-4(3)11-6(9)12-5/h1-2H2,(H2,10,14). The molecule has 7 heteroatoms. The zero-order valence-corrected chi connectivity index (χ0v) is 8.51. The van der Waals surface area contributed by atoms with Crippen molar-refractivity contribution in [1.29, 1.82) is 0 Å². The van der Waals surface area contributed by atoms with Crippen molar-refractivity contribution in [2.75, 3.05) is 0 Å². The number of carbonyl (C=O) groups is 1. The largest absolute Gasteiger partial charge is 0.351 e. The van der Waals surface area contributed by atoms with Gasteiger partial charge in [0.05, 0.1) is 18.8 Å². The van der Waals surface area contributed by atoms with E-state index in [1.165, 1.54) is 4.90 Å². The van der Waals surface area contributed by atoms with Crippen LogP contribution in [0.3, 0.4) is 0 Å². The van der Waals surface area contributed by atoms with E-state index in [0.29, 0.717) is 18.8 Å². The minimum Gasteiger partial charge on any atom is -0.351 e. The van der Waals surface area contributed by atoms with Gasteiger partial charge in [0.1, 0.15) is 5.15 Å². The molecule has 0 bridgehead atoms. The van der Waals surface area contributed by atoms with E-state index in [-0.39, 0.29) is 10.4 Å². The summed E-state index contributed by atoms with van der Waals surface area (Å²) in [5.74, 6) is 0. The number of primary amides is 1. The van der Waals surface area contributed by atoms with Crippen molar-refractivity contribution in [2.24, 2.45) is 5.73 Å². The minimum atomic E-state index is -0.504. The first kappa shape index (κ1) is 9.48. The summed E-state index contributed by atoms with van der Waals surface area (Å²) in [4.78, 5) is 20.1. The van der Waals surface area contributed by atoms with Crippen LogP contribution in [-0.4, -0.2) is 20.9 Å². The average molecular weight is 233 g/mol. The second-order valence-electron chi connectivity index (χ2n) is 2.90. The molecule has 74 valence electrons. The number of nitrogens with zero attached hydrogens (tertiary/aromatic N) is 3. The molecule has 2 amide bonds. The maximum atomic E-state index is 10.9. The fraction of sp³-hybridized carbons (Fsp3) is 0.286. The number of amides is 2. The van der Waals surface area contributed by atoms with Crippen LogP contribution in [0, 0.1) is 0 Å². The third kappa shape index (κ3) is 1.49. The number of fused-ring (bicyclic) bond motifs is 1. The molecule has 5 nitrogen and oxygen atoms in total. The molecule has 1 aliphatic rings. The molecule has 14 heavy (non-hydrogen) atoms. The van der Waals surface area contributed by atoms with E-state index in [0.717, 1.165) is 5.56 Å². The van der Waals surface area contributed by atoms with E-state index in [1.54, 1.807) is 0 Å². The van der Waals surface area contributed by atoms with E-state index in [4.69, 9.17) is 28.9 Å². The molecule has 0 fully saturated rings. The van der Waals surface area contributed by atoms with E-state index in [2.05, 4.69) is 9.97 Å². The number of hydrogen-bond acceptors (Lipinski definition) is 3. The SMILES string of the molecule is NC(=O)N1Cc2nc(Cl)nc(Cl)c2C1. The Morgan fingerprint density at radius 1 is 1.36 bits per heavy atom. The number of rotatable bonds is 0. The predicted octanol–water partition coefficient (Wildman–Crippen LogP) is 1.18. The lowest BCUT2D eigenvalue weighted by Crippen LogP contribution is -2.30. The summed E-state index contributed by atoms with van der Waals surface area (Å²) < 4.78 is 0. The number of nitrogens with two attached hydrogens (primary N) is 1. The van der Waals surface area contributed by atoms with Gasteiger partial charge in [0.15, 0.2) is 0 Å². The van der Waals surface area contributed by atoms with Crippen LogP contribution in [0.2, 0.25) is 10.4 Å². The molecule has 1 aromatic rings. The average Bonchev–Trinajstić information content (AvgIpc) is 2.47. The van der Waals surface area contributed by atoms with Gasteiger partial charge < -0.3 is 10.6 Å². The Morgan fingerprint density at radius 2 is 2.07 bits per heavy atom. The molecule has 0 saturated carbocycles. The summed E-state index contributed by atoms with van der Waals surface area (Å²) >= 11 is 11.4. The Hall–Kier alpha value is -1.07. The first-order valence-corrected chi connectivity index (χ1v) is 4.58. The van der Waals surface area contributed by atoms with Gasteiger partial charge in [-0.05, 0) is 11.6 Å². The lowest BCUT2D eigenvalue weighted by molar-refractivity contribution is 0.208. The molecular formula is C7H6Cl2N4O. The highest BCUT2D eigenvalue weighted by Gasteiger charge is 2.26. The van der Waals surface area contributed by atoms with Crippen LogP contribution in [0.5, 0.6) is 0 Å². The summed E-state index contributed by atoms with van der Waals surface area (Å²) in [5, 5.41) is 0.365. The Morgan fingerprint density at radius 3 is 2.71 bits per heavy atom. The Kier molecular flexibility index (Phi) is 2.20. The number of carbonyl (C=O) groups excluding carboxylic acids is 1. The fourth-order valence-electron chi connectivity index (χ4n) is 1.34. The number of aromatic nitrogens is 2. The maximum absolute atomic E-state index is 10.9. The van der Waals surface area contributed by atoms with Gasteiger partial charge in [-0.15, -0.1) is 0 Å². The van der Waals surface area contributed by atoms with Crippen LogP contribution in [0.15, 0.2) is 0 Å². The third-order valence-electron chi connectivity index (χ3n) is 2.02. The van der Waals surface area contributed by atoms with Gasteiger partial charge in [-0.25, -0.2) is 14.8 Å². The first-order chi connectivity index (χ1) is 6.58. The van der Waals surface area contributed by atoms with Crippen molar-refractivity contribution in [3.05, 3.63) is 21.7 Å². The van der Waals surface area contributed by atoms with Crippen molar-refractivity contribution in [2.45, 2.75) is 13.1 Å². The summed E-state index contributed by atoms with van der Waals surface area (Å²) in [7, 11) is 0. The van der Waals surface area contributed by atoms with Crippen molar-refractivity contribution >= 4 is 29.2 Å². The van der Waals surface area contributed by atoms with Gasteiger partial charge in [-0.3, -0.25) is 0 Å². The first-order valence-electron chi connectivity index (χ1n) is 3.83. The Bertz CT molecular complexity index is 409. The Labute approximate surface area is 89.8 Å². The monoisotopic (exact) mass is 232 g/mol. The van der Waals surface area contributed by atoms with E-state index in [9.17, 15) is 4.79 Å². The quantitative estimate of drug-likeness (QED) is 0.540. The van der Waals surface area contributed by atoms with Crippen molar-refractivity contribution in [3.63, 3.8) is 0 Å². The van der Waals surface area contributed by atoms with Gasteiger partial charge in [0.25, 0.3) is 0 Å². The third-order valence-corrected chi connectivity index (χ3v) is 2.50. The lowest BCUT2D eigenvalue weighted by Gasteiger charge is -2.09. The molecule has 2 rings (SSSR count). The predicted molar refractivity (Wildman–Crippen MR) is 50.9 cm³/mol.